The van der Waals surface area contributed by atoms with Crippen LogP contribution in [0, 0.1) is 0 Å². The van der Waals surface area contributed by atoms with Crippen LogP contribution in [-0.2, 0) is 26.4 Å². The lowest BCUT2D eigenvalue weighted by molar-refractivity contribution is -0.282. The van der Waals surface area contributed by atoms with Crippen molar-refractivity contribution >= 4 is 32.0 Å². The molecule has 7 heteroatoms. The van der Waals surface area contributed by atoms with Crippen LogP contribution in [0.5, 0.6) is 0 Å². The van der Waals surface area contributed by atoms with Gasteiger partial charge in [0, 0.05) is 17.0 Å². The number of pyridine rings is 1. The van der Waals surface area contributed by atoms with Crippen LogP contribution < -0.4 is 0 Å². The zero-order chi connectivity index (χ0) is 18.1. The van der Waals surface area contributed by atoms with E-state index in [-0.39, 0.29) is 11.5 Å². The van der Waals surface area contributed by atoms with Crippen LogP contribution in [-0.4, -0.2) is 24.5 Å². The zero-order valence-corrected chi connectivity index (χ0v) is 14.8. The molecule has 0 saturated heterocycles. The van der Waals surface area contributed by atoms with Gasteiger partial charge in [-0.25, -0.2) is 27.1 Å². The maximum Gasteiger partial charge on any atom is 0.269 e. The van der Waals surface area contributed by atoms with Crippen molar-refractivity contribution in [3.05, 3.63) is 72.4 Å². The van der Waals surface area contributed by atoms with E-state index in [4.69, 9.17) is 9.78 Å². The van der Waals surface area contributed by atoms with E-state index in [9.17, 15) is 8.42 Å². The molecule has 2 aromatic carbocycles. The molecule has 26 heavy (non-hydrogen) atoms. The largest absolute Gasteiger partial charge is 0.269 e. The molecule has 132 valence electrons. The number of nitrogens with zero attached hydrogens (tertiary/aromatic N) is 2. The Balaban J connectivity index is 2.09. The highest BCUT2D eigenvalue weighted by Gasteiger charge is 2.24. The van der Waals surface area contributed by atoms with Gasteiger partial charge in [-0.3, -0.25) is 0 Å². The van der Waals surface area contributed by atoms with E-state index in [2.05, 4.69) is 4.98 Å². The minimum absolute atomic E-state index is 0.202. The first-order valence-corrected chi connectivity index (χ1v) is 9.42. The summed E-state index contributed by atoms with van der Waals surface area (Å²) in [5, 5.41) is 1.53. The summed E-state index contributed by atoms with van der Waals surface area (Å²) in [6, 6.07) is 17.4. The Bertz CT molecular complexity index is 1180. The van der Waals surface area contributed by atoms with E-state index in [1.165, 1.54) is 11.1 Å². The average Bonchev–Trinajstić information content (AvgIpc) is 3.02. The van der Waals surface area contributed by atoms with Crippen LogP contribution in [0.3, 0.4) is 0 Å². The van der Waals surface area contributed by atoms with Gasteiger partial charge in [-0.2, -0.15) is 0 Å². The highest BCUT2D eigenvalue weighted by atomic mass is 32.2. The molecular formula is C19H16N2O4S. The molecule has 0 spiro atoms. The third-order valence-corrected chi connectivity index (χ3v) is 5.93. The first-order chi connectivity index (χ1) is 12.6. The number of benzene rings is 2. The van der Waals surface area contributed by atoms with Crippen molar-refractivity contribution in [3.63, 3.8) is 0 Å². The second-order valence-electron chi connectivity index (χ2n) is 5.70. The Labute approximate surface area is 150 Å². The molecule has 0 amide bonds. The van der Waals surface area contributed by atoms with Crippen molar-refractivity contribution in [2.45, 2.75) is 11.5 Å². The quantitative estimate of drug-likeness (QED) is 0.398. The van der Waals surface area contributed by atoms with Crippen LogP contribution in [0.15, 0.2) is 71.8 Å². The SMILES string of the molecule is COOCc1cccc2c1c1cccnc1n2S(=O)(=O)c1ccccc1. The normalized spacial score (nSPS) is 12.0. The molecule has 0 saturated carbocycles. The Morgan fingerprint density at radius 3 is 2.58 bits per heavy atom. The first kappa shape index (κ1) is 16.7. The van der Waals surface area contributed by atoms with Crippen LogP contribution in [0.4, 0.5) is 0 Å². The topological polar surface area (TPSA) is 70.4 Å². The zero-order valence-electron chi connectivity index (χ0n) is 14.0. The predicted molar refractivity (Wildman–Crippen MR) is 98.1 cm³/mol. The standard InChI is InChI=1S/C19H16N2O4S/c1-24-25-13-14-7-5-11-17-18(14)16-10-6-12-20-19(16)21(17)26(22,23)15-8-3-2-4-9-15/h2-12H,13H2,1H3. The van der Waals surface area contributed by atoms with E-state index in [0.717, 1.165) is 16.3 Å². The molecule has 0 unspecified atom stereocenters. The van der Waals surface area contributed by atoms with Crippen LogP contribution in [0.25, 0.3) is 21.9 Å². The lowest BCUT2D eigenvalue weighted by Gasteiger charge is -2.09. The number of rotatable bonds is 5. The van der Waals surface area contributed by atoms with E-state index in [1.807, 2.05) is 12.1 Å². The van der Waals surface area contributed by atoms with Crippen molar-refractivity contribution in [2.75, 3.05) is 7.11 Å². The summed E-state index contributed by atoms with van der Waals surface area (Å²) in [5.74, 6) is 0. The summed E-state index contributed by atoms with van der Waals surface area (Å²) in [4.78, 5) is 14.3. The fourth-order valence-corrected chi connectivity index (χ4v) is 4.61. The molecule has 2 heterocycles. The molecule has 0 aliphatic carbocycles. The van der Waals surface area contributed by atoms with E-state index in [0.29, 0.717) is 11.2 Å². The van der Waals surface area contributed by atoms with E-state index in [1.54, 1.807) is 54.7 Å². The monoisotopic (exact) mass is 368 g/mol. The van der Waals surface area contributed by atoms with Crippen molar-refractivity contribution < 1.29 is 18.2 Å². The second-order valence-corrected chi connectivity index (χ2v) is 7.48. The molecule has 0 bridgehead atoms. The van der Waals surface area contributed by atoms with Gasteiger partial charge in [0.05, 0.1) is 17.5 Å². The molecule has 4 rings (SSSR count). The minimum Gasteiger partial charge on any atom is -0.240 e. The van der Waals surface area contributed by atoms with Gasteiger partial charge < -0.3 is 0 Å². The number of hydrogen-bond acceptors (Lipinski definition) is 5. The van der Waals surface area contributed by atoms with Crippen molar-refractivity contribution in [1.29, 1.82) is 0 Å². The number of aromatic nitrogens is 2. The second kappa shape index (κ2) is 6.53. The van der Waals surface area contributed by atoms with Gasteiger partial charge in [-0.15, -0.1) is 0 Å². The number of hydrogen-bond donors (Lipinski definition) is 0. The van der Waals surface area contributed by atoms with Gasteiger partial charge >= 0.3 is 0 Å². The fraction of sp³-hybridized carbons (Fsp3) is 0.105. The third kappa shape index (κ3) is 2.57. The van der Waals surface area contributed by atoms with Crippen LogP contribution in [0.2, 0.25) is 0 Å². The Hall–Kier alpha value is -2.74. The Morgan fingerprint density at radius 2 is 1.81 bits per heavy atom. The minimum atomic E-state index is -3.80. The summed E-state index contributed by atoms with van der Waals surface area (Å²) in [6.45, 7) is 0.202. The highest BCUT2D eigenvalue weighted by molar-refractivity contribution is 7.90. The Morgan fingerprint density at radius 1 is 1.00 bits per heavy atom. The number of fused-ring (bicyclic) bond motifs is 3. The lowest BCUT2D eigenvalue weighted by Crippen LogP contribution is -2.13. The van der Waals surface area contributed by atoms with Gasteiger partial charge in [-0.1, -0.05) is 30.3 Å². The summed E-state index contributed by atoms with van der Waals surface area (Å²) >= 11 is 0. The van der Waals surface area contributed by atoms with Crippen LogP contribution >= 0.6 is 0 Å². The molecule has 0 aliphatic heterocycles. The molecule has 0 radical (unpaired) electrons. The highest BCUT2D eigenvalue weighted by Crippen LogP contribution is 2.33. The van der Waals surface area contributed by atoms with Crippen molar-refractivity contribution in [3.8, 4) is 0 Å². The van der Waals surface area contributed by atoms with Crippen LogP contribution in [0.1, 0.15) is 5.56 Å². The van der Waals surface area contributed by atoms with Crippen molar-refractivity contribution in [2.24, 2.45) is 0 Å². The maximum atomic E-state index is 13.3. The maximum absolute atomic E-state index is 13.3. The van der Waals surface area contributed by atoms with Crippen molar-refractivity contribution in [1.82, 2.24) is 8.96 Å². The molecule has 0 atom stereocenters. The summed E-state index contributed by atoms with van der Waals surface area (Å²) in [6.07, 6.45) is 1.59. The lowest BCUT2D eigenvalue weighted by atomic mass is 10.1. The average molecular weight is 368 g/mol. The summed E-state index contributed by atoms with van der Waals surface area (Å²) < 4.78 is 27.9. The predicted octanol–water partition coefficient (Wildman–Crippen LogP) is 3.50. The molecule has 0 fully saturated rings. The molecular weight excluding hydrogens is 352 g/mol. The third-order valence-electron chi connectivity index (χ3n) is 4.21. The molecule has 0 N–H and O–H groups in total. The summed E-state index contributed by atoms with van der Waals surface area (Å²) in [5.41, 5.74) is 1.76. The first-order valence-electron chi connectivity index (χ1n) is 7.98. The van der Waals surface area contributed by atoms with Gasteiger partial charge in [0.15, 0.2) is 5.65 Å². The van der Waals surface area contributed by atoms with Gasteiger partial charge in [0.2, 0.25) is 0 Å². The van der Waals surface area contributed by atoms with Gasteiger partial charge in [0.25, 0.3) is 10.0 Å². The van der Waals surface area contributed by atoms with Gasteiger partial charge in [0.1, 0.15) is 6.61 Å². The van der Waals surface area contributed by atoms with E-state index < -0.39 is 10.0 Å². The molecule has 6 nitrogen and oxygen atoms in total. The smallest absolute Gasteiger partial charge is 0.240 e. The fourth-order valence-electron chi connectivity index (χ4n) is 3.12. The molecule has 4 aromatic rings. The van der Waals surface area contributed by atoms with Gasteiger partial charge in [-0.05, 0) is 35.9 Å². The molecule has 2 aromatic heterocycles. The van der Waals surface area contributed by atoms with E-state index >= 15 is 0 Å². The molecule has 0 aliphatic rings. The summed E-state index contributed by atoms with van der Waals surface area (Å²) in [7, 11) is -2.37. The Kier molecular flexibility index (Phi) is 4.20.